The van der Waals surface area contributed by atoms with E-state index in [4.69, 9.17) is 16.3 Å². The van der Waals surface area contributed by atoms with Crippen molar-refractivity contribution in [3.63, 3.8) is 0 Å². The van der Waals surface area contributed by atoms with Crippen molar-refractivity contribution in [1.29, 1.82) is 0 Å². The van der Waals surface area contributed by atoms with Gasteiger partial charge in [-0.05, 0) is 54.1 Å². The van der Waals surface area contributed by atoms with E-state index in [0.717, 1.165) is 39.6 Å². The number of para-hydroxylation sites is 1. The van der Waals surface area contributed by atoms with Gasteiger partial charge in [0.1, 0.15) is 12.4 Å². The quantitative estimate of drug-likeness (QED) is 0.177. The molecule has 0 spiro atoms. The van der Waals surface area contributed by atoms with Gasteiger partial charge in [-0.1, -0.05) is 48.0 Å². The smallest absolute Gasteiger partial charge is 0.130 e. The Bertz CT molecular complexity index is 1090. The van der Waals surface area contributed by atoms with Crippen molar-refractivity contribution < 1.29 is 4.74 Å². The molecule has 3 aromatic carbocycles. The number of fused-ring (bicyclic) bond motifs is 1. The maximum Gasteiger partial charge on any atom is 0.130 e. The molecule has 146 valence electrons. The summed E-state index contributed by atoms with van der Waals surface area (Å²) in [6.45, 7) is 1.16. The summed E-state index contributed by atoms with van der Waals surface area (Å²) in [5.74, 6) is 0.809. The van der Waals surface area contributed by atoms with Crippen LogP contribution >= 0.6 is 34.5 Å². The van der Waals surface area contributed by atoms with Crippen LogP contribution in [0.4, 0.5) is 5.69 Å². The molecule has 1 aromatic heterocycles. The number of halogens is 2. The molecule has 0 unspecified atom stereocenters. The first-order chi connectivity index (χ1) is 14.2. The van der Waals surface area contributed by atoms with Crippen LogP contribution in [0.5, 0.6) is 5.75 Å². The van der Waals surface area contributed by atoms with Gasteiger partial charge < -0.3 is 4.74 Å². The van der Waals surface area contributed by atoms with Crippen LogP contribution in [0.15, 0.2) is 84.9 Å². The monoisotopic (exact) mass is 515 g/mol. The molecule has 4 rings (SSSR count). The lowest BCUT2D eigenvalue weighted by molar-refractivity contribution is 0.302. The minimum absolute atomic E-state index is 0.434. The predicted molar refractivity (Wildman–Crippen MR) is 127 cm³/mol. The van der Waals surface area contributed by atoms with Gasteiger partial charge >= 0.3 is 0 Å². The molecule has 1 N–H and O–H groups in total. The van der Waals surface area contributed by atoms with Crippen molar-refractivity contribution in [2.75, 3.05) is 5.01 Å². The van der Waals surface area contributed by atoms with Gasteiger partial charge in [-0.15, -0.1) is 0 Å². The highest BCUT2D eigenvalue weighted by Gasteiger charge is 2.07. The third kappa shape index (κ3) is 5.18. The van der Waals surface area contributed by atoms with Gasteiger partial charge in [0.05, 0.1) is 23.4 Å². The van der Waals surface area contributed by atoms with E-state index in [1.165, 1.54) is 5.56 Å². The minimum Gasteiger partial charge on any atom is -0.487 e. The molecule has 0 atom stereocenters. The lowest BCUT2D eigenvalue weighted by Crippen LogP contribution is -2.30. The Labute approximate surface area is 188 Å². The van der Waals surface area contributed by atoms with Crippen LogP contribution < -0.4 is 13.4 Å². The van der Waals surface area contributed by atoms with Crippen LogP contribution in [0.3, 0.4) is 0 Å². The van der Waals surface area contributed by atoms with E-state index in [1.54, 1.807) is 0 Å². The van der Waals surface area contributed by atoms with Gasteiger partial charge in [0.15, 0.2) is 0 Å². The van der Waals surface area contributed by atoms with Crippen LogP contribution in [0.1, 0.15) is 11.3 Å². The second-order valence-electron chi connectivity index (χ2n) is 6.57. The highest BCUT2D eigenvalue weighted by Crippen LogP contribution is 2.22. The van der Waals surface area contributed by atoms with Gasteiger partial charge in [0.2, 0.25) is 0 Å². The van der Waals surface area contributed by atoms with Gasteiger partial charge in [0, 0.05) is 33.3 Å². The Morgan fingerprint density at radius 1 is 0.897 bits per heavy atom. The number of aromatic nitrogens is 1. The number of rotatable bonds is 7. The molecule has 0 amide bonds. The van der Waals surface area contributed by atoms with E-state index in [-0.39, 0.29) is 0 Å². The van der Waals surface area contributed by atoms with E-state index in [2.05, 4.69) is 48.6 Å². The second-order valence-corrected chi connectivity index (χ2v) is 7.49. The van der Waals surface area contributed by atoms with E-state index in [0.29, 0.717) is 6.61 Å². The van der Waals surface area contributed by atoms with Crippen molar-refractivity contribution in [1.82, 2.24) is 8.62 Å². The van der Waals surface area contributed by atoms with Crippen LogP contribution in [-0.4, -0.2) is 4.98 Å². The van der Waals surface area contributed by atoms with E-state index in [9.17, 15) is 0 Å². The molecule has 0 aliphatic heterocycles. The number of nitrogens with one attached hydrogen (secondary N) is 1. The lowest BCUT2D eigenvalue weighted by Gasteiger charge is -2.22. The maximum absolute atomic E-state index is 5.97. The highest BCUT2D eigenvalue weighted by molar-refractivity contribution is 14.1. The summed E-state index contributed by atoms with van der Waals surface area (Å²) < 4.78 is 9.12. The molecule has 0 aliphatic carbocycles. The van der Waals surface area contributed by atoms with E-state index in [1.807, 2.05) is 72.8 Å². The molecule has 0 radical (unpaired) electrons. The van der Waals surface area contributed by atoms with Crippen LogP contribution in [-0.2, 0) is 13.2 Å². The zero-order chi connectivity index (χ0) is 20.1. The number of nitrogens with zero attached hydrogens (tertiary/aromatic N) is 2. The molecule has 4 nitrogen and oxygen atoms in total. The van der Waals surface area contributed by atoms with Crippen molar-refractivity contribution in [3.8, 4) is 5.75 Å². The first-order valence-corrected chi connectivity index (χ1v) is 10.6. The zero-order valence-electron chi connectivity index (χ0n) is 15.6. The molecule has 0 saturated carbocycles. The first-order valence-electron chi connectivity index (χ1n) is 9.17. The lowest BCUT2D eigenvalue weighted by atomic mass is 10.2. The van der Waals surface area contributed by atoms with Gasteiger partial charge in [0.25, 0.3) is 0 Å². The molecule has 6 heteroatoms. The number of ether oxygens (including phenoxy) is 1. The van der Waals surface area contributed by atoms with Gasteiger partial charge in [-0.25, -0.2) is 4.98 Å². The SMILES string of the molecule is Clc1ccc(CN(NI)c2ccc(OCc3ccc4ccccc4n3)cc2)cc1. The van der Waals surface area contributed by atoms with Crippen molar-refractivity contribution in [3.05, 3.63) is 101 Å². The first kappa shape index (κ1) is 19.9. The Balaban J connectivity index is 1.40. The Morgan fingerprint density at radius 3 is 2.41 bits per heavy atom. The summed E-state index contributed by atoms with van der Waals surface area (Å²) in [4.78, 5) is 4.65. The number of hydrazine groups is 1. The number of hydrogen-bond acceptors (Lipinski definition) is 4. The molecule has 0 fully saturated rings. The zero-order valence-corrected chi connectivity index (χ0v) is 18.5. The summed E-state index contributed by atoms with van der Waals surface area (Å²) in [5.41, 5.74) is 4.10. The molecule has 29 heavy (non-hydrogen) atoms. The molecule has 0 aliphatic rings. The highest BCUT2D eigenvalue weighted by atomic mass is 127. The summed E-state index contributed by atoms with van der Waals surface area (Å²) >= 11 is 8.11. The van der Waals surface area contributed by atoms with Crippen molar-refractivity contribution >= 4 is 51.1 Å². The van der Waals surface area contributed by atoms with Crippen LogP contribution in [0, 0.1) is 0 Å². The van der Waals surface area contributed by atoms with Crippen LogP contribution in [0.2, 0.25) is 5.02 Å². The summed E-state index contributed by atoms with van der Waals surface area (Å²) in [7, 11) is 0. The molecule has 0 bridgehead atoms. The Morgan fingerprint density at radius 2 is 1.66 bits per heavy atom. The van der Waals surface area contributed by atoms with Gasteiger partial charge in [-0.3, -0.25) is 5.01 Å². The van der Waals surface area contributed by atoms with Gasteiger partial charge in [-0.2, -0.15) is 3.64 Å². The Kier molecular flexibility index (Phi) is 6.49. The fraction of sp³-hybridized carbons (Fsp3) is 0.0870. The van der Waals surface area contributed by atoms with Crippen molar-refractivity contribution in [2.45, 2.75) is 13.2 Å². The van der Waals surface area contributed by atoms with E-state index < -0.39 is 0 Å². The molecule has 4 aromatic rings. The number of pyridine rings is 1. The second kappa shape index (κ2) is 9.43. The average Bonchev–Trinajstić information content (AvgIpc) is 2.77. The number of benzene rings is 3. The fourth-order valence-electron chi connectivity index (χ4n) is 3.01. The maximum atomic E-state index is 5.97. The summed E-state index contributed by atoms with van der Waals surface area (Å²) in [5, 5.41) is 3.93. The fourth-order valence-corrected chi connectivity index (χ4v) is 3.59. The van der Waals surface area contributed by atoms with Crippen LogP contribution in [0.25, 0.3) is 10.9 Å². The Hall–Kier alpha value is -2.35. The minimum atomic E-state index is 0.434. The normalized spacial score (nSPS) is 10.8. The average molecular weight is 516 g/mol. The van der Waals surface area contributed by atoms with E-state index >= 15 is 0 Å². The third-order valence-electron chi connectivity index (χ3n) is 4.55. The summed E-state index contributed by atoms with van der Waals surface area (Å²) in [6.07, 6.45) is 0. The third-order valence-corrected chi connectivity index (χ3v) is 5.38. The molecular formula is C23H19ClIN3O. The molecule has 0 saturated heterocycles. The predicted octanol–water partition coefficient (Wildman–Crippen LogP) is 6.33. The summed E-state index contributed by atoms with van der Waals surface area (Å²) in [6, 6.07) is 28.0. The standard InChI is InChI=1S/C23H19ClIN3O/c24-19-8-5-17(6-9-19)15-28(27-25)21-11-13-22(14-12-21)29-16-20-10-7-18-3-1-2-4-23(18)26-20/h1-14,27H,15-16H2. The number of hydrogen-bond donors (Lipinski definition) is 1. The largest absolute Gasteiger partial charge is 0.487 e. The number of anilines is 1. The topological polar surface area (TPSA) is 37.4 Å². The van der Waals surface area contributed by atoms with Crippen molar-refractivity contribution in [2.24, 2.45) is 0 Å². The molecule has 1 heterocycles. The molecular weight excluding hydrogens is 497 g/mol.